The van der Waals surface area contributed by atoms with Gasteiger partial charge in [-0.2, -0.15) is 0 Å². The fourth-order valence-electron chi connectivity index (χ4n) is 3.10. The van der Waals surface area contributed by atoms with Crippen molar-refractivity contribution in [3.05, 3.63) is 40.3 Å². The fourth-order valence-corrected chi connectivity index (χ4v) is 5.12. The van der Waals surface area contributed by atoms with Gasteiger partial charge in [-0.25, -0.2) is 18.0 Å². The molecule has 1 amide bonds. The van der Waals surface area contributed by atoms with Gasteiger partial charge in [-0.05, 0) is 38.5 Å². The van der Waals surface area contributed by atoms with Gasteiger partial charge in [-0.1, -0.05) is 17.2 Å². The first kappa shape index (κ1) is 26.8. The number of nitrogens with one attached hydrogen (secondary N) is 1. The van der Waals surface area contributed by atoms with Gasteiger partial charge in [-0.3, -0.25) is 4.79 Å². The molecule has 0 atom stereocenters. The van der Waals surface area contributed by atoms with Gasteiger partial charge in [0.25, 0.3) is 5.89 Å². The molecule has 0 aliphatic heterocycles. The molecular weight excluding hydrogens is 514 g/mol. The van der Waals surface area contributed by atoms with Crippen molar-refractivity contribution in [2.75, 3.05) is 31.4 Å². The third-order valence-electron chi connectivity index (χ3n) is 4.67. The Morgan fingerprint density at radius 3 is 2.39 bits per heavy atom. The molecule has 3 rings (SSSR count). The summed E-state index contributed by atoms with van der Waals surface area (Å²) in [5.41, 5.74) is 0.554. The van der Waals surface area contributed by atoms with Crippen LogP contribution in [0.25, 0.3) is 11.5 Å². The van der Waals surface area contributed by atoms with E-state index in [-0.39, 0.29) is 40.1 Å². The van der Waals surface area contributed by atoms with E-state index in [0.717, 1.165) is 11.3 Å². The fraction of sp³-hybridized carbons (Fsp3) is 0.318. The highest BCUT2D eigenvalue weighted by atomic mass is 32.2. The number of nitrogens with zero attached hydrogens (tertiary/aromatic N) is 2. The standard InChI is InChI=1S/C22H23N3O9S2/c1-5-32-20(27)16-12(3)17(21(28)33-6-2)35-19(16)23-15(26)11-36(29,30)22-25-24-18(34-22)13-9-7-8-10-14(13)31-4/h7-10H,5-6,11H2,1-4H3,(H,23,26). The van der Waals surface area contributed by atoms with E-state index in [9.17, 15) is 22.8 Å². The molecule has 14 heteroatoms. The second kappa shape index (κ2) is 11.3. The average molecular weight is 538 g/mol. The first-order valence-corrected chi connectivity index (χ1v) is 13.1. The Kier molecular flexibility index (Phi) is 8.42. The zero-order valence-electron chi connectivity index (χ0n) is 19.8. The number of carbonyl (C=O) groups is 3. The molecule has 36 heavy (non-hydrogen) atoms. The second-order valence-corrected chi connectivity index (χ2v) is 9.97. The molecule has 0 radical (unpaired) electrons. The van der Waals surface area contributed by atoms with E-state index in [1.54, 1.807) is 38.1 Å². The Bertz CT molecular complexity index is 1390. The number of hydrogen-bond acceptors (Lipinski definition) is 12. The van der Waals surface area contributed by atoms with Gasteiger partial charge in [-0.15, -0.1) is 16.4 Å². The van der Waals surface area contributed by atoms with Crippen LogP contribution in [0, 0.1) is 6.92 Å². The summed E-state index contributed by atoms with van der Waals surface area (Å²) in [7, 11) is -2.92. The number of carbonyl (C=O) groups excluding carboxylic acids is 3. The molecule has 0 aliphatic carbocycles. The first-order chi connectivity index (χ1) is 17.1. The third kappa shape index (κ3) is 5.71. The van der Waals surface area contributed by atoms with Gasteiger partial charge in [0, 0.05) is 0 Å². The average Bonchev–Trinajstić information content (AvgIpc) is 3.44. The number of thiophene rings is 1. The smallest absolute Gasteiger partial charge is 0.348 e. The maximum absolute atomic E-state index is 12.8. The maximum atomic E-state index is 12.8. The summed E-state index contributed by atoms with van der Waals surface area (Å²) in [6.07, 6.45) is 0. The van der Waals surface area contributed by atoms with Crippen molar-refractivity contribution in [3.63, 3.8) is 0 Å². The van der Waals surface area contributed by atoms with E-state index >= 15 is 0 Å². The predicted molar refractivity (Wildman–Crippen MR) is 128 cm³/mol. The highest BCUT2D eigenvalue weighted by molar-refractivity contribution is 7.91. The minimum absolute atomic E-state index is 0.0468. The van der Waals surface area contributed by atoms with Crippen LogP contribution < -0.4 is 10.1 Å². The summed E-state index contributed by atoms with van der Waals surface area (Å²) in [5.74, 6) is -3.24. The number of hydrogen-bond donors (Lipinski definition) is 1. The van der Waals surface area contributed by atoms with Crippen molar-refractivity contribution in [1.29, 1.82) is 0 Å². The van der Waals surface area contributed by atoms with Crippen LogP contribution in [0.1, 0.15) is 39.4 Å². The number of esters is 2. The SMILES string of the molecule is CCOC(=O)c1sc(NC(=O)CS(=O)(=O)c2nnc(-c3ccccc3OC)o2)c(C(=O)OCC)c1C. The van der Waals surface area contributed by atoms with E-state index in [1.165, 1.54) is 14.0 Å². The van der Waals surface area contributed by atoms with Crippen LogP contribution in [0.3, 0.4) is 0 Å². The van der Waals surface area contributed by atoms with Crippen molar-refractivity contribution in [3.8, 4) is 17.2 Å². The maximum Gasteiger partial charge on any atom is 0.348 e. The van der Waals surface area contributed by atoms with Crippen LogP contribution in [-0.2, 0) is 24.1 Å². The Hall–Kier alpha value is -3.78. The zero-order valence-corrected chi connectivity index (χ0v) is 21.4. The lowest BCUT2D eigenvalue weighted by atomic mass is 10.1. The van der Waals surface area contributed by atoms with E-state index in [2.05, 4.69) is 15.5 Å². The third-order valence-corrected chi connectivity index (χ3v) is 7.20. The minimum atomic E-state index is -4.35. The van der Waals surface area contributed by atoms with Gasteiger partial charge < -0.3 is 23.9 Å². The number of para-hydroxylation sites is 1. The molecule has 0 bridgehead atoms. The van der Waals surface area contributed by atoms with Crippen LogP contribution in [0.15, 0.2) is 33.9 Å². The monoisotopic (exact) mass is 537 g/mol. The summed E-state index contributed by atoms with van der Waals surface area (Å²) in [4.78, 5) is 37.5. The molecule has 0 saturated heterocycles. The molecule has 0 saturated carbocycles. The van der Waals surface area contributed by atoms with E-state index in [1.807, 2.05) is 0 Å². The molecule has 0 spiro atoms. The van der Waals surface area contributed by atoms with E-state index in [4.69, 9.17) is 18.6 Å². The predicted octanol–water partition coefficient (Wildman–Crippen LogP) is 2.88. The Labute approximate surface area is 210 Å². The van der Waals surface area contributed by atoms with Crippen molar-refractivity contribution < 1.29 is 41.4 Å². The molecule has 0 aliphatic rings. The van der Waals surface area contributed by atoms with Crippen molar-refractivity contribution in [2.45, 2.75) is 26.0 Å². The van der Waals surface area contributed by atoms with Gasteiger partial charge in [0.15, 0.2) is 0 Å². The zero-order chi connectivity index (χ0) is 26.5. The van der Waals surface area contributed by atoms with Crippen LogP contribution in [0.2, 0.25) is 0 Å². The molecule has 0 unspecified atom stereocenters. The molecule has 192 valence electrons. The summed E-state index contributed by atoms with van der Waals surface area (Å²) in [5, 5.41) is 8.86. The molecule has 12 nitrogen and oxygen atoms in total. The number of amides is 1. The number of ether oxygens (including phenoxy) is 3. The van der Waals surface area contributed by atoms with Crippen molar-refractivity contribution >= 4 is 44.0 Å². The van der Waals surface area contributed by atoms with Crippen LogP contribution >= 0.6 is 11.3 Å². The van der Waals surface area contributed by atoms with Crippen molar-refractivity contribution in [1.82, 2.24) is 10.2 Å². The number of aromatic nitrogens is 2. The summed E-state index contributed by atoms with van der Waals surface area (Å²) in [6, 6.07) is 6.63. The molecule has 1 aromatic carbocycles. The second-order valence-electron chi connectivity index (χ2n) is 7.08. The normalized spacial score (nSPS) is 11.1. The lowest BCUT2D eigenvalue weighted by Gasteiger charge is -2.07. The van der Waals surface area contributed by atoms with Crippen LogP contribution in [0.5, 0.6) is 5.75 Å². The first-order valence-electron chi connectivity index (χ1n) is 10.6. The lowest BCUT2D eigenvalue weighted by Crippen LogP contribution is -2.24. The largest absolute Gasteiger partial charge is 0.496 e. The van der Waals surface area contributed by atoms with Crippen LogP contribution in [-0.4, -0.2) is 62.5 Å². The van der Waals surface area contributed by atoms with Crippen molar-refractivity contribution in [2.24, 2.45) is 0 Å². The minimum Gasteiger partial charge on any atom is -0.496 e. The highest BCUT2D eigenvalue weighted by Crippen LogP contribution is 2.34. The van der Waals surface area contributed by atoms with Gasteiger partial charge in [0.1, 0.15) is 21.4 Å². The molecular formula is C22H23N3O9S2. The van der Waals surface area contributed by atoms with Gasteiger partial charge in [0.05, 0.1) is 31.5 Å². The molecule has 3 aromatic rings. The van der Waals surface area contributed by atoms with Gasteiger partial charge in [0.2, 0.25) is 15.7 Å². The molecule has 2 aromatic heterocycles. The molecule has 2 heterocycles. The number of sulfone groups is 1. The highest BCUT2D eigenvalue weighted by Gasteiger charge is 2.30. The van der Waals surface area contributed by atoms with Gasteiger partial charge >= 0.3 is 17.2 Å². The Balaban J connectivity index is 1.85. The summed E-state index contributed by atoms with van der Waals surface area (Å²) in [6.45, 7) is 4.87. The quantitative estimate of drug-likeness (QED) is 0.378. The number of benzene rings is 1. The summed E-state index contributed by atoms with van der Waals surface area (Å²) < 4.78 is 46.1. The molecule has 1 N–H and O–H groups in total. The number of rotatable bonds is 10. The number of methoxy groups -OCH3 is 1. The number of anilines is 1. The summed E-state index contributed by atoms with van der Waals surface area (Å²) >= 11 is 0.777. The Morgan fingerprint density at radius 2 is 1.72 bits per heavy atom. The van der Waals surface area contributed by atoms with E-state index in [0.29, 0.717) is 11.3 Å². The lowest BCUT2D eigenvalue weighted by molar-refractivity contribution is -0.113. The van der Waals surface area contributed by atoms with E-state index < -0.39 is 38.7 Å². The Morgan fingerprint density at radius 1 is 1.06 bits per heavy atom. The molecule has 0 fully saturated rings. The topological polar surface area (TPSA) is 164 Å². The van der Waals surface area contributed by atoms with Crippen LogP contribution in [0.4, 0.5) is 5.00 Å².